The van der Waals surface area contributed by atoms with Crippen LogP contribution in [0.15, 0.2) is 46.9 Å². The van der Waals surface area contributed by atoms with Gasteiger partial charge in [-0.3, -0.25) is 4.90 Å². The molecule has 6 heteroatoms. The Kier molecular flexibility index (Phi) is 5.92. The lowest BCUT2D eigenvalue weighted by atomic mass is 10.0. The van der Waals surface area contributed by atoms with Crippen LogP contribution in [-0.2, 0) is 6.54 Å². The molecule has 1 fully saturated rings. The average molecular weight is 442 g/mol. The van der Waals surface area contributed by atoms with Gasteiger partial charge in [0.1, 0.15) is 0 Å². The van der Waals surface area contributed by atoms with Crippen LogP contribution in [0.3, 0.4) is 0 Å². The maximum atomic E-state index is 13.0. The zero-order valence-electron chi connectivity index (χ0n) is 13.9. The van der Waals surface area contributed by atoms with Crippen molar-refractivity contribution in [3.63, 3.8) is 0 Å². The zero-order valence-corrected chi connectivity index (χ0v) is 17.0. The maximum absolute atomic E-state index is 13.0. The predicted molar refractivity (Wildman–Crippen MR) is 108 cm³/mol. The molecule has 2 aromatic carbocycles. The first-order chi connectivity index (χ1) is 12.0. The van der Waals surface area contributed by atoms with E-state index in [2.05, 4.69) is 22.9 Å². The molecule has 1 atom stereocenters. The van der Waals surface area contributed by atoms with E-state index in [1.54, 1.807) is 12.1 Å². The lowest BCUT2D eigenvalue weighted by Gasteiger charge is -2.40. The van der Waals surface area contributed by atoms with Gasteiger partial charge in [-0.15, -0.1) is 0 Å². The molecule has 2 amide bonds. The minimum Gasteiger partial charge on any atom is -0.320 e. The van der Waals surface area contributed by atoms with Crippen LogP contribution >= 0.6 is 39.1 Å². The molecule has 0 aromatic heterocycles. The molecule has 25 heavy (non-hydrogen) atoms. The number of anilines is 1. The smallest absolute Gasteiger partial charge is 0.320 e. The summed E-state index contributed by atoms with van der Waals surface area (Å²) in [5.41, 5.74) is 1.82. The van der Waals surface area contributed by atoms with Crippen LogP contribution in [-0.4, -0.2) is 24.0 Å². The first-order valence-corrected chi connectivity index (χ1v) is 9.78. The molecule has 0 bridgehead atoms. The summed E-state index contributed by atoms with van der Waals surface area (Å²) < 4.78 is 0.998. The first kappa shape index (κ1) is 18.6. The van der Waals surface area contributed by atoms with E-state index in [1.807, 2.05) is 40.1 Å². The lowest BCUT2D eigenvalue weighted by Crippen LogP contribution is -2.53. The number of nitrogens with zero attached hydrogens (tertiary/aromatic N) is 2. The van der Waals surface area contributed by atoms with Crippen LogP contribution in [0.5, 0.6) is 0 Å². The third kappa shape index (κ3) is 4.30. The summed E-state index contributed by atoms with van der Waals surface area (Å²) in [7, 11) is 0. The average Bonchev–Trinajstić information content (AvgIpc) is 2.60. The van der Waals surface area contributed by atoms with Crippen molar-refractivity contribution in [2.45, 2.75) is 19.9 Å². The zero-order chi connectivity index (χ0) is 18.0. The van der Waals surface area contributed by atoms with Crippen LogP contribution < -0.4 is 4.90 Å². The molecule has 0 N–H and O–H groups in total. The first-order valence-electron chi connectivity index (χ1n) is 8.24. The molecule has 1 aliphatic heterocycles. The third-order valence-electron chi connectivity index (χ3n) is 4.51. The highest BCUT2D eigenvalue weighted by Gasteiger charge is 2.32. The monoisotopic (exact) mass is 440 g/mol. The number of benzene rings is 2. The van der Waals surface area contributed by atoms with Crippen molar-refractivity contribution in [1.29, 1.82) is 0 Å². The fourth-order valence-electron chi connectivity index (χ4n) is 3.04. The van der Waals surface area contributed by atoms with Crippen molar-refractivity contribution in [1.82, 2.24) is 4.90 Å². The fraction of sp³-hybridized carbons (Fsp3) is 0.316. The molecule has 1 unspecified atom stereocenters. The van der Waals surface area contributed by atoms with Gasteiger partial charge in [0.2, 0.25) is 0 Å². The highest BCUT2D eigenvalue weighted by molar-refractivity contribution is 9.10. The molecule has 1 heterocycles. The number of hydrogen-bond donors (Lipinski definition) is 0. The molecule has 0 aliphatic carbocycles. The standard InChI is InChI=1S/C19H19BrCl2N2O/c1-2-13-10-23(12-14-3-6-16(21)9-18(14)22)19(25)24(11-13)17-7-4-15(20)5-8-17/h3-9,13H,2,10-12H2,1H3. The second-order valence-electron chi connectivity index (χ2n) is 6.26. The SMILES string of the molecule is CCC1CN(Cc2ccc(Cl)cc2Cl)C(=O)N(c2ccc(Br)cc2)C1. The van der Waals surface area contributed by atoms with Gasteiger partial charge in [-0.1, -0.05) is 52.1 Å². The minimum atomic E-state index is 0.0121. The summed E-state index contributed by atoms with van der Waals surface area (Å²) in [4.78, 5) is 16.8. The lowest BCUT2D eigenvalue weighted by molar-refractivity contribution is 0.174. The van der Waals surface area contributed by atoms with Crippen LogP contribution in [0, 0.1) is 5.92 Å². The van der Waals surface area contributed by atoms with E-state index in [-0.39, 0.29) is 6.03 Å². The summed E-state index contributed by atoms with van der Waals surface area (Å²) in [6.45, 7) is 4.12. The van der Waals surface area contributed by atoms with Gasteiger partial charge >= 0.3 is 6.03 Å². The van der Waals surface area contributed by atoms with E-state index >= 15 is 0 Å². The number of carbonyl (C=O) groups excluding carboxylic acids is 1. The molecule has 3 nitrogen and oxygen atoms in total. The Morgan fingerprint density at radius 2 is 1.84 bits per heavy atom. The topological polar surface area (TPSA) is 23.6 Å². The third-order valence-corrected chi connectivity index (χ3v) is 5.63. The van der Waals surface area contributed by atoms with E-state index in [9.17, 15) is 4.79 Å². The van der Waals surface area contributed by atoms with Crippen molar-refractivity contribution >= 4 is 50.9 Å². The van der Waals surface area contributed by atoms with Crippen LogP contribution in [0.25, 0.3) is 0 Å². The van der Waals surface area contributed by atoms with E-state index in [0.29, 0.717) is 22.5 Å². The molecule has 132 valence electrons. The van der Waals surface area contributed by atoms with Gasteiger partial charge < -0.3 is 4.90 Å². The molecule has 0 spiro atoms. The van der Waals surface area contributed by atoms with Gasteiger partial charge in [0.15, 0.2) is 0 Å². The van der Waals surface area contributed by atoms with E-state index in [4.69, 9.17) is 23.2 Å². The number of amides is 2. The van der Waals surface area contributed by atoms with Crippen molar-refractivity contribution in [2.75, 3.05) is 18.0 Å². The van der Waals surface area contributed by atoms with Gasteiger partial charge in [0.05, 0.1) is 0 Å². The van der Waals surface area contributed by atoms with E-state index in [0.717, 1.165) is 35.2 Å². The second kappa shape index (κ2) is 7.98. The van der Waals surface area contributed by atoms with E-state index in [1.165, 1.54) is 0 Å². The summed E-state index contributed by atoms with van der Waals surface area (Å²) in [6.07, 6.45) is 1.02. The largest absolute Gasteiger partial charge is 0.324 e. The van der Waals surface area contributed by atoms with Crippen LogP contribution in [0.1, 0.15) is 18.9 Å². The van der Waals surface area contributed by atoms with Gasteiger partial charge in [-0.2, -0.15) is 0 Å². The molecule has 1 aliphatic rings. The number of carbonyl (C=O) groups is 1. The molecule has 0 saturated carbocycles. The summed E-state index contributed by atoms with van der Waals surface area (Å²) in [5.74, 6) is 0.424. The number of halogens is 3. The van der Waals surface area contributed by atoms with Crippen molar-refractivity contribution in [3.8, 4) is 0 Å². The van der Waals surface area contributed by atoms with Crippen LogP contribution in [0.4, 0.5) is 10.5 Å². The Bertz CT molecular complexity index is 767. The molecule has 0 radical (unpaired) electrons. The van der Waals surface area contributed by atoms with Gasteiger partial charge in [-0.05, 0) is 54.3 Å². The predicted octanol–water partition coefficient (Wildman–Crippen LogP) is 6.22. The Balaban J connectivity index is 1.85. The number of hydrogen-bond acceptors (Lipinski definition) is 1. The maximum Gasteiger partial charge on any atom is 0.324 e. The fourth-order valence-corrected chi connectivity index (χ4v) is 3.77. The molecule has 3 rings (SSSR count). The van der Waals surface area contributed by atoms with Crippen LogP contribution in [0.2, 0.25) is 10.0 Å². The highest BCUT2D eigenvalue weighted by atomic mass is 79.9. The molecular weight excluding hydrogens is 423 g/mol. The summed E-state index contributed by atoms with van der Waals surface area (Å²) in [6, 6.07) is 13.3. The Morgan fingerprint density at radius 1 is 1.12 bits per heavy atom. The number of rotatable bonds is 4. The Hall–Kier alpha value is -1.23. The Labute approximate surface area is 166 Å². The second-order valence-corrected chi connectivity index (χ2v) is 8.02. The van der Waals surface area contributed by atoms with E-state index < -0.39 is 0 Å². The van der Waals surface area contributed by atoms with Crippen molar-refractivity contribution < 1.29 is 4.79 Å². The highest BCUT2D eigenvalue weighted by Crippen LogP contribution is 2.28. The summed E-state index contributed by atoms with van der Waals surface area (Å²) in [5, 5.41) is 1.19. The van der Waals surface area contributed by atoms with Gasteiger partial charge in [-0.25, -0.2) is 4.79 Å². The quantitative estimate of drug-likeness (QED) is 0.551. The van der Waals surface area contributed by atoms with Crippen molar-refractivity contribution in [3.05, 3.63) is 62.5 Å². The Morgan fingerprint density at radius 3 is 2.48 bits per heavy atom. The molecule has 1 saturated heterocycles. The molecule has 2 aromatic rings. The normalized spacial score (nSPS) is 17.9. The van der Waals surface area contributed by atoms with Gasteiger partial charge in [0.25, 0.3) is 0 Å². The minimum absolute atomic E-state index is 0.0121. The van der Waals surface area contributed by atoms with Crippen molar-refractivity contribution in [2.24, 2.45) is 5.92 Å². The van der Waals surface area contributed by atoms with Gasteiger partial charge in [0, 0.05) is 39.8 Å². The molecular formula is C19H19BrCl2N2O. The summed E-state index contributed by atoms with van der Waals surface area (Å²) >= 11 is 15.7. The number of urea groups is 1.